The Morgan fingerprint density at radius 3 is 2.66 bits per heavy atom. The number of nitrogens with zero attached hydrogens (tertiary/aromatic N) is 3. The molecule has 2 aromatic carbocycles. The van der Waals surface area contributed by atoms with Gasteiger partial charge in [-0.3, -0.25) is 4.79 Å². The zero-order valence-corrected chi connectivity index (χ0v) is 17.1. The molecule has 0 saturated carbocycles. The first-order chi connectivity index (χ1) is 14.0. The number of nitrogens with one attached hydrogen (secondary N) is 1. The van der Waals surface area contributed by atoms with Crippen molar-refractivity contribution < 1.29 is 9.53 Å². The van der Waals surface area contributed by atoms with Gasteiger partial charge in [0.05, 0.1) is 24.1 Å². The standard InChI is InChI=1S/C23H26N4O2/c1-15-10-11-16(2)20(13-15)25-22(28)17-7-6-12-27(14-17)21-23(29-3)26-19-9-5-4-8-18(19)24-21/h4-5,8-11,13,17H,6-7,12,14H2,1-3H3,(H,25,28)/t17-/m1/s1. The molecule has 6 nitrogen and oxygen atoms in total. The van der Waals surface area contributed by atoms with Crippen LogP contribution in [0.15, 0.2) is 42.5 Å². The number of benzene rings is 2. The topological polar surface area (TPSA) is 67.4 Å². The van der Waals surface area contributed by atoms with Gasteiger partial charge in [0, 0.05) is 18.8 Å². The lowest BCUT2D eigenvalue weighted by Crippen LogP contribution is -2.41. The summed E-state index contributed by atoms with van der Waals surface area (Å²) in [6.07, 6.45) is 1.78. The van der Waals surface area contributed by atoms with Crippen molar-refractivity contribution in [1.29, 1.82) is 0 Å². The number of amides is 1. The molecule has 1 atom stereocenters. The van der Waals surface area contributed by atoms with Crippen LogP contribution in [0, 0.1) is 19.8 Å². The molecule has 3 aromatic rings. The highest BCUT2D eigenvalue weighted by Gasteiger charge is 2.29. The van der Waals surface area contributed by atoms with Gasteiger partial charge in [0.2, 0.25) is 5.91 Å². The van der Waals surface area contributed by atoms with E-state index in [1.807, 2.05) is 50.2 Å². The maximum Gasteiger partial charge on any atom is 0.257 e. The summed E-state index contributed by atoms with van der Waals surface area (Å²) in [5.41, 5.74) is 4.71. The number of methoxy groups -OCH3 is 1. The molecular weight excluding hydrogens is 364 g/mol. The van der Waals surface area contributed by atoms with Crippen molar-refractivity contribution in [2.75, 3.05) is 30.4 Å². The van der Waals surface area contributed by atoms with Gasteiger partial charge in [-0.1, -0.05) is 24.3 Å². The molecule has 0 bridgehead atoms. The van der Waals surface area contributed by atoms with Crippen LogP contribution in [-0.4, -0.2) is 36.1 Å². The average Bonchev–Trinajstić information content (AvgIpc) is 2.75. The number of aryl methyl sites for hydroxylation is 2. The lowest BCUT2D eigenvalue weighted by molar-refractivity contribution is -0.120. The molecule has 1 amide bonds. The van der Waals surface area contributed by atoms with Crippen molar-refractivity contribution in [2.24, 2.45) is 5.92 Å². The maximum atomic E-state index is 13.0. The minimum absolute atomic E-state index is 0.0520. The molecule has 2 heterocycles. The summed E-state index contributed by atoms with van der Waals surface area (Å²) in [6.45, 7) is 5.47. The normalized spacial score (nSPS) is 16.7. The van der Waals surface area contributed by atoms with Crippen molar-refractivity contribution in [2.45, 2.75) is 26.7 Å². The first kappa shape index (κ1) is 19.2. The van der Waals surface area contributed by atoms with Crippen LogP contribution in [-0.2, 0) is 4.79 Å². The minimum Gasteiger partial charge on any atom is -0.478 e. The maximum absolute atomic E-state index is 13.0. The van der Waals surface area contributed by atoms with E-state index in [1.165, 1.54) is 0 Å². The van der Waals surface area contributed by atoms with Gasteiger partial charge in [-0.2, -0.15) is 0 Å². The molecule has 0 spiro atoms. The van der Waals surface area contributed by atoms with Gasteiger partial charge >= 0.3 is 0 Å². The number of hydrogen-bond acceptors (Lipinski definition) is 5. The molecule has 6 heteroatoms. The van der Waals surface area contributed by atoms with Crippen molar-refractivity contribution in [3.8, 4) is 5.88 Å². The number of hydrogen-bond donors (Lipinski definition) is 1. The van der Waals surface area contributed by atoms with E-state index in [1.54, 1.807) is 7.11 Å². The van der Waals surface area contributed by atoms with Crippen LogP contribution in [0.25, 0.3) is 11.0 Å². The third-order valence-electron chi connectivity index (χ3n) is 5.46. The SMILES string of the molecule is COc1nc2ccccc2nc1N1CCC[C@@H](C(=O)Nc2cc(C)ccc2C)C1. The monoisotopic (exact) mass is 390 g/mol. The molecule has 1 N–H and O–H groups in total. The zero-order valence-electron chi connectivity index (χ0n) is 17.1. The number of para-hydroxylation sites is 2. The van der Waals surface area contributed by atoms with Crippen molar-refractivity contribution in [3.63, 3.8) is 0 Å². The van der Waals surface area contributed by atoms with Gasteiger partial charge in [-0.25, -0.2) is 9.97 Å². The Bertz CT molecular complexity index is 1050. The largest absolute Gasteiger partial charge is 0.478 e. The fraction of sp³-hybridized carbons (Fsp3) is 0.348. The van der Waals surface area contributed by atoms with Gasteiger partial charge < -0.3 is 15.0 Å². The van der Waals surface area contributed by atoms with Gasteiger partial charge in [0.25, 0.3) is 5.88 Å². The fourth-order valence-electron chi connectivity index (χ4n) is 3.81. The van der Waals surface area contributed by atoms with Gasteiger partial charge in [0.1, 0.15) is 0 Å². The van der Waals surface area contributed by atoms with Gasteiger partial charge in [0.15, 0.2) is 5.82 Å². The Labute approximate surface area is 170 Å². The number of piperidine rings is 1. The number of carbonyl (C=O) groups excluding carboxylic acids is 1. The van der Waals surface area contributed by atoms with E-state index in [9.17, 15) is 4.79 Å². The number of anilines is 2. The van der Waals surface area contributed by atoms with E-state index in [0.29, 0.717) is 18.2 Å². The Balaban J connectivity index is 1.56. The molecule has 4 rings (SSSR count). The predicted octanol–water partition coefficient (Wildman–Crippen LogP) is 4.11. The Kier molecular flexibility index (Phi) is 5.34. The number of fused-ring (bicyclic) bond motifs is 1. The van der Waals surface area contributed by atoms with E-state index in [2.05, 4.69) is 21.3 Å². The van der Waals surface area contributed by atoms with Crippen molar-refractivity contribution in [1.82, 2.24) is 9.97 Å². The van der Waals surface area contributed by atoms with Crippen LogP contribution in [0.1, 0.15) is 24.0 Å². The number of rotatable bonds is 4. The van der Waals surface area contributed by atoms with Crippen LogP contribution in [0.5, 0.6) is 5.88 Å². The summed E-state index contributed by atoms with van der Waals surface area (Å²) in [5.74, 6) is 1.15. The molecule has 1 aromatic heterocycles. The minimum atomic E-state index is -0.110. The Hall–Kier alpha value is -3.15. The summed E-state index contributed by atoms with van der Waals surface area (Å²) >= 11 is 0. The second-order valence-corrected chi connectivity index (χ2v) is 7.64. The molecule has 1 saturated heterocycles. The van der Waals surface area contributed by atoms with E-state index in [0.717, 1.165) is 47.2 Å². The van der Waals surface area contributed by atoms with Crippen LogP contribution in [0.2, 0.25) is 0 Å². The van der Waals surface area contributed by atoms with Gasteiger partial charge in [-0.05, 0) is 56.0 Å². The zero-order chi connectivity index (χ0) is 20.4. The molecule has 1 fully saturated rings. The molecule has 150 valence electrons. The van der Waals surface area contributed by atoms with E-state index in [4.69, 9.17) is 9.72 Å². The van der Waals surface area contributed by atoms with E-state index in [-0.39, 0.29) is 11.8 Å². The first-order valence-corrected chi connectivity index (χ1v) is 9.99. The highest BCUT2D eigenvalue weighted by molar-refractivity contribution is 5.94. The number of carbonyl (C=O) groups is 1. The quantitative estimate of drug-likeness (QED) is 0.726. The Morgan fingerprint density at radius 1 is 1.14 bits per heavy atom. The highest BCUT2D eigenvalue weighted by atomic mass is 16.5. The molecule has 1 aliphatic heterocycles. The average molecular weight is 390 g/mol. The lowest BCUT2D eigenvalue weighted by atomic mass is 9.96. The summed E-state index contributed by atoms with van der Waals surface area (Å²) in [7, 11) is 1.61. The van der Waals surface area contributed by atoms with Crippen LogP contribution in [0.4, 0.5) is 11.5 Å². The third-order valence-corrected chi connectivity index (χ3v) is 5.46. The summed E-state index contributed by atoms with van der Waals surface area (Å²) < 4.78 is 5.51. The highest BCUT2D eigenvalue weighted by Crippen LogP contribution is 2.31. The van der Waals surface area contributed by atoms with Crippen LogP contribution >= 0.6 is 0 Å². The fourth-order valence-corrected chi connectivity index (χ4v) is 3.81. The van der Waals surface area contributed by atoms with E-state index >= 15 is 0 Å². The second kappa shape index (κ2) is 8.07. The molecule has 1 aliphatic rings. The molecule has 29 heavy (non-hydrogen) atoms. The number of ether oxygens (including phenoxy) is 1. The molecular formula is C23H26N4O2. The summed E-state index contributed by atoms with van der Waals surface area (Å²) in [4.78, 5) is 24.5. The summed E-state index contributed by atoms with van der Waals surface area (Å²) in [6, 6.07) is 13.9. The first-order valence-electron chi connectivity index (χ1n) is 9.99. The van der Waals surface area contributed by atoms with E-state index < -0.39 is 0 Å². The summed E-state index contributed by atoms with van der Waals surface area (Å²) in [5, 5.41) is 3.12. The number of aromatic nitrogens is 2. The smallest absolute Gasteiger partial charge is 0.257 e. The van der Waals surface area contributed by atoms with Gasteiger partial charge in [-0.15, -0.1) is 0 Å². The molecule has 0 radical (unpaired) electrons. The second-order valence-electron chi connectivity index (χ2n) is 7.64. The van der Waals surface area contributed by atoms with Crippen LogP contribution < -0.4 is 15.0 Å². The third kappa shape index (κ3) is 4.01. The van der Waals surface area contributed by atoms with Crippen molar-refractivity contribution >= 4 is 28.4 Å². The Morgan fingerprint density at radius 2 is 1.90 bits per heavy atom. The molecule has 0 unspecified atom stereocenters. The van der Waals surface area contributed by atoms with Crippen molar-refractivity contribution in [3.05, 3.63) is 53.6 Å². The predicted molar refractivity (Wildman–Crippen MR) is 116 cm³/mol. The van der Waals surface area contributed by atoms with Crippen LogP contribution in [0.3, 0.4) is 0 Å². The molecule has 0 aliphatic carbocycles. The lowest BCUT2D eigenvalue weighted by Gasteiger charge is -2.33.